The van der Waals surface area contributed by atoms with E-state index in [9.17, 15) is 0 Å². The molecule has 0 amide bonds. The molecule has 1 aromatic carbocycles. The van der Waals surface area contributed by atoms with Crippen LogP contribution in [0, 0.1) is 5.41 Å². The molecule has 16 heavy (non-hydrogen) atoms. The van der Waals surface area contributed by atoms with Gasteiger partial charge < -0.3 is 5.73 Å². The maximum atomic E-state index is 5.82. The molecule has 0 atom stereocenters. The Hall–Kier alpha value is -0.820. The third kappa shape index (κ3) is 1.21. The average Bonchev–Trinajstić information content (AvgIpc) is 2.15. The summed E-state index contributed by atoms with van der Waals surface area (Å²) in [4.78, 5) is 0. The maximum absolute atomic E-state index is 5.82. The number of rotatable bonds is 3. The SMILES string of the molecule is CC(C)c1cccc(C23CC(CN)(C2)C3)c1. The summed E-state index contributed by atoms with van der Waals surface area (Å²) in [5.74, 6) is 0.635. The van der Waals surface area contributed by atoms with Crippen LogP contribution < -0.4 is 5.73 Å². The van der Waals surface area contributed by atoms with Gasteiger partial charge in [-0.25, -0.2) is 0 Å². The minimum absolute atomic E-state index is 0.518. The highest BCUT2D eigenvalue weighted by molar-refractivity contribution is 5.41. The third-order valence-corrected chi connectivity index (χ3v) is 4.74. The molecule has 0 unspecified atom stereocenters. The number of benzene rings is 1. The molecule has 2 bridgehead atoms. The monoisotopic (exact) mass is 215 g/mol. The first-order chi connectivity index (χ1) is 7.59. The summed E-state index contributed by atoms with van der Waals surface area (Å²) in [5, 5.41) is 0. The van der Waals surface area contributed by atoms with Crippen molar-refractivity contribution in [1.29, 1.82) is 0 Å². The summed E-state index contributed by atoms with van der Waals surface area (Å²) >= 11 is 0. The van der Waals surface area contributed by atoms with Crippen LogP contribution in [-0.4, -0.2) is 6.54 Å². The molecule has 0 saturated heterocycles. The van der Waals surface area contributed by atoms with Crippen LogP contribution in [0.2, 0.25) is 0 Å². The Morgan fingerprint density at radius 3 is 2.50 bits per heavy atom. The van der Waals surface area contributed by atoms with Gasteiger partial charge in [-0.05, 0) is 53.7 Å². The quantitative estimate of drug-likeness (QED) is 0.823. The zero-order chi connectivity index (χ0) is 11.4. The van der Waals surface area contributed by atoms with Crippen molar-refractivity contribution in [2.45, 2.75) is 44.4 Å². The first kappa shape index (κ1) is 10.3. The van der Waals surface area contributed by atoms with E-state index in [0.717, 1.165) is 6.54 Å². The van der Waals surface area contributed by atoms with Gasteiger partial charge in [0.15, 0.2) is 0 Å². The molecule has 3 fully saturated rings. The van der Waals surface area contributed by atoms with Crippen molar-refractivity contribution in [3.05, 3.63) is 35.4 Å². The van der Waals surface area contributed by atoms with E-state index in [1.54, 1.807) is 5.56 Å². The zero-order valence-electron chi connectivity index (χ0n) is 10.3. The minimum atomic E-state index is 0.518. The van der Waals surface area contributed by atoms with Gasteiger partial charge in [0.2, 0.25) is 0 Å². The molecule has 1 heteroatoms. The highest BCUT2D eigenvalue weighted by Gasteiger charge is 2.67. The molecule has 0 radical (unpaired) electrons. The minimum Gasteiger partial charge on any atom is -0.330 e. The fourth-order valence-electron chi connectivity index (χ4n) is 3.75. The van der Waals surface area contributed by atoms with Crippen LogP contribution in [0.4, 0.5) is 0 Å². The topological polar surface area (TPSA) is 26.0 Å². The fraction of sp³-hybridized carbons (Fsp3) is 0.600. The molecule has 1 nitrogen and oxygen atoms in total. The third-order valence-electron chi connectivity index (χ3n) is 4.74. The van der Waals surface area contributed by atoms with Gasteiger partial charge in [-0.2, -0.15) is 0 Å². The molecular formula is C15H21N. The predicted molar refractivity (Wildman–Crippen MR) is 67.5 cm³/mol. The van der Waals surface area contributed by atoms with Crippen LogP contribution in [0.1, 0.15) is 50.2 Å². The van der Waals surface area contributed by atoms with E-state index in [4.69, 9.17) is 5.73 Å². The number of hydrogen-bond donors (Lipinski definition) is 1. The first-order valence-corrected chi connectivity index (χ1v) is 6.40. The lowest BCUT2D eigenvalue weighted by Gasteiger charge is -2.71. The number of hydrogen-bond acceptors (Lipinski definition) is 1. The molecule has 0 aromatic heterocycles. The van der Waals surface area contributed by atoms with Crippen molar-refractivity contribution in [1.82, 2.24) is 0 Å². The molecule has 86 valence electrons. The zero-order valence-corrected chi connectivity index (χ0v) is 10.3. The van der Waals surface area contributed by atoms with Crippen LogP contribution in [0.15, 0.2) is 24.3 Å². The smallest absolute Gasteiger partial charge is 0.00196 e. The normalized spacial score (nSPS) is 35.8. The molecule has 0 spiro atoms. The molecular weight excluding hydrogens is 194 g/mol. The fourth-order valence-corrected chi connectivity index (χ4v) is 3.75. The van der Waals surface area contributed by atoms with Crippen molar-refractivity contribution in [3.8, 4) is 0 Å². The second-order valence-corrected chi connectivity index (χ2v) is 6.29. The summed E-state index contributed by atoms with van der Waals surface area (Å²) in [6.45, 7) is 5.42. The average molecular weight is 215 g/mol. The number of nitrogens with two attached hydrogens (primary N) is 1. The molecule has 3 saturated carbocycles. The highest BCUT2D eigenvalue weighted by Crippen LogP contribution is 2.73. The van der Waals surface area contributed by atoms with Gasteiger partial charge in [0.1, 0.15) is 0 Å². The Morgan fingerprint density at radius 2 is 1.94 bits per heavy atom. The van der Waals surface area contributed by atoms with E-state index < -0.39 is 0 Å². The highest BCUT2D eigenvalue weighted by atomic mass is 14.8. The Morgan fingerprint density at radius 1 is 1.25 bits per heavy atom. The van der Waals surface area contributed by atoms with Gasteiger partial charge in [0.05, 0.1) is 0 Å². The maximum Gasteiger partial charge on any atom is -0.00196 e. The summed E-state index contributed by atoms with van der Waals surface area (Å²) in [5.41, 5.74) is 9.91. The molecule has 1 aromatic rings. The van der Waals surface area contributed by atoms with E-state index in [1.165, 1.54) is 24.8 Å². The van der Waals surface area contributed by atoms with Crippen LogP contribution in [0.3, 0.4) is 0 Å². The van der Waals surface area contributed by atoms with Crippen LogP contribution >= 0.6 is 0 Å². The predicted octanol–water partition coefficient (Wildman–Crippen LogP) is 3.19. The second-order valence-electron chi connectivity index (χ2n) is 6.29. The van der Waals surface area contributed by atoms with Crippen LogP contribution in [0.25, 0.3) is 0 Å². The second kappa shape index (κ2) is 3.10. The van der Waals surface area contributed by atoms with Gasteiger partial charge >= 0.3 is 0 Å². The van der Waals surface area contributed by atoms with E-state index in [1.807, 2.05) is 0 Å². The Balaban J connectivity index is 1.85. The Labute approximate surface area is 98.0 Å². The lowest BCUT2D eigenvalue weighted by atomic mass is 9.33. The van der Waals surface area contributed by atoms with Crippen molar-refractivity contribution in [3.63, 3.8) is 0 Å². The van der Waals surface area contributed by atoms with Gasteiger partial charge in [-0.3, -0.25) is 0 Å². The largest absolute Gasteiger partial charge is 0.330 e. The van der Waals surface area contributed by atoms with Gasteiger partial charge in [-0.1, -0.05) is 38.1 Å². The molecule has 3 aliphatic carbocycles. The van der Waals surface area contributed by atoms with Crippen molar-refractivity contribution < 1.29 is 0 Å². The van der Waals surface area contributed by atoms with Crippen molar-refractivity contribution in [2.24, 2.45) is 11.1 Å². The molecule has 4 rings (SSSR count). The van der Waals surface area contributed by atoms with Gasteiger partial charge in [0, 0.05) is 0 Å². The first-order valence-electron chi connectivity index (χ1n) is 6.40. The lowest BCUT2D eigenvalue weighted by Crippen LogP contribution is -2.67. The molecule has 0 heterocycles. The van der Waals surface area contributed by atoms with E-state index in [0.29, 0.717) is 16.7 Å². The van der Waals surface area contributed by atoms with E-state index >= 15 is 0 Å². The molecule has 0 aliphatic heterocycles. The van der Waals surface area contributed by atoms with Gasteiger partial charge in [0.25, 0.3) is 0 Å². The standard InChI is InChI=1S/C15H21N/c1-11(2)12-4-3-5-13(6-12)15-7-14(8-15,9-15)10-16/h3-6,11H,7-10,16H2,1-2H3. The molecule has 3 aliphatic rings. The van der Waals surface area contributed by atoms with E-state index in [-0.39, 0.29) is 0 Å². The lowest BCUT2D eigenvalue weighted by molar-refractivity contribution is -0.132. The van der Waals surface area contributed by atoms with Crippen molar-refractivity contribution >= 4 is 0 Å². The van der Waals surface area contributed by atoms with Gasteiger partial charge in [-0.15, -0.1) is 0 Å². The summed E-state index contributed by atoms with van der Waals surface area (Å²) in [6.07, 6.45) is 3.99. The van der Waals surface area contributed by atoms with Crippen LogP contribution in [-0.2, 0) is 5.41 Å². The summed E-state index contributed by atoms with van der Waals surface area (Å²) in [6, 6.07) is 9.20. The molecule has 2 N–H and O–H groups in total. The van der Waals surface area contributed by atoms with Crippen LogP contribution in [0.5, 0.6) is 0 Å². The Kier molecular flexibility index (Phi) is 2.00. The Bertz CT molecular complexity index is 399. The van der Waals surface area contributed by atoms with Crippen molar-refractivity contribution in [2.75, 3.05) is 6.54 Å². The van der Waals surface area contributed by atoms with E-state index in [2.05, 4.69) is 38.1 Å². The summed E-state index contributed by atoms with van der Waals surface area (Å²) in [7, 11) is 0. The summed E-state index contributed by atoms with van der Waals surface area (Å²) < 4.78 is 0.